The second-order valence-electron chi connectivity index (χ2n) is 5.57. The van der Waals surface area contributed by atoms with E-state index in [-0.39, 0.29) is 30.8 Å². The third-order valence-corrected chi connectivity index (χ3v) is 3.48. The summed E-state index contributed by atoms with van der Waals surface area (Å²) in [6.45, 7) is 3.70. The molecule has 2 amide bonds. The number of hydrogen-bond donors (Lipinski definition) is 1. The normalized spacial score (nSPS) is 10.5. The summed E-state index contributed by atoms with van der Waals surface area (Å²) >= 11 is 0. The molecule has 7 nitrogen and oxygen atoms in total. The van der Waals surface area contributed by atoms with Gasteiger partial charge >= 0.3 is 0 Å². The highest BCUT2D eigenvalue weighted by atomic mass is 16.5. The molecule has 0 atom stereocenters. The lowest BCUT2D eigenvalue weighted by atomic mass is 10.1. The van der Waals surface area contributed by atoms with Crippen LogP contribution in [0.4, 0.5) is 5.82 Å². The maximum absolute atomic E-state index is 12.5. The van der Waals surface area contributed by atoms with Crippen LogP contribution >= 0.6 is 0 Å². The van der Waals surface area contributed by atoms with E-state index in [0.29, 0.717) is 5.82 Å². The third-order valence-electron chi connectivity index (χ3n) is 3.48. The van der Waals surface area contributed by atoms with Gasteiger partial charge in [-0.25, -0.2) is 0 Å². The molecule has 24 heavy (non-hydrogen) atoms. The zero-order chi connectivity index (χ0) is 17.5. The molecule has 7 heteroatoms. The fourth-order valence-corrected chi connectivity index (χ4v) is 2.19. The summed E-state index contributed by atoms with van der Waals surface area (Å²) in [5.74, 6) is 0.622. The van der Waals surface area contributed by atoms with Crippen LogP contribution < -0.4 is 10.1 Å². The summed E-state index contributed by atoms with van der Waals surface area (Å²) in [5.41, 5.74) is 0.864. The van der Waals surface area contributed by atoms with E-state index >= 15 is 0 Å². The van der Waals surface area contributed by atoms with Gasteiger partial charge in [0.15, 0.2) is 5.82 Å². The molecule has 0 radical (unpaired) electrons. The Bertz CT molecular complexity index is 666. The molecule has 0 aliphatic heterocycles. The Kier molecular flexibility index (Phi) is 5.95. The van der Waals surface area contributed by atoms with Crippen LogP contribution in [0.2, 0.25) is 0 Å². The van der Waals surface area contributed by atoms with Gasteiger partial charge in [0.05, 0.1) is 13.5 Å². The first-order chi connectivity index (χ1) is 11.5. The van der Waals surface area contributed by atoms with Crippen LogP contribution in [0.1, 0.15) is 19.4 Å². The summed E-state index contributed by atoms with van der Waals surface area (Å²) in [4.78, 5) is 26.1. The van der Waals surface area contributed by atoms with Crippen molar-refractivity contribution in [3.05, 3.63) is 42.2 Å². The van der Waals surface area contributed by atoms with Crippen LogP contribution in [0, 0.1) is 0 Å². The van der Waals surface area contributed by atoms with Gasteiger partial charge in [-0.05, 0) is 31.5 Å². The van der Waals surface area contributed by atoms with Gasteiger partial charge in [0.25, 0.3) is 0 Å². The first kappa shape index (κ1) is 17.5. The fourth-order valence-electron chi connectivity index (χ4n) is 2.19. The lowest BCUT2D eigenvalue weighted by Crippen LogP contribution is -2.43. The van der Waals surface area contributed by atoms with Crippen LogP contribution in [0.3, 0.4) is 0 Å². The number of methoxy groups -OCH3 is 1. The average molecular weight is 331 g/mol. The van der Waals surface area contributed by atoms with Gasteiger partial charge in [0.1, 0.15) is 18.6 Å². The molecule has 1 aromatic heterocycles. The minimum atomic E-state index is -0.319. The highest BCUT2D eigenvalue weighted by Crippen LogP contribution is 2.13. The number of amides is 2. The van der Waals surface area contributed by atoms with E-state index in [1.807, 2.05) is 26.0 Å². The third kappa shape index (κ3) is 4.84. The zero-order valence-corrected chi connectivity index (χ0v) is 14.0. The number of anilines is 1. The van der Waals surface area contributed by atoms with E-state index in [1.54, 1.807) is 19.2 Å². The Morgan fingerprint density at radius 3 is 2.50 bits per heavy atom. The van der Waals surface area contributed by atoms with E-state index in [9.17, 15) is 9.59 Å². The van der Waals surface area contributed by atoms with Crippen molar-refractivity contribution in [1.29, 1.82) is 0 Å². The number of ether oxygens (including phenoxy) is 1. The van der Waals surface area contributed by atoms with Crippen LogP contribution in [0.5, 0.6) is 5.75 Å². The second kappa shape index (κ2) is 8.14. The van der Waals surface area contributed by atoms with Crippen molar-refractivity contribution in [3.63, 3.8) is 0 Å². The molecule has 0 saturated carbocycles. The molecule has 2 aromatic rings. The molecule has 0 bridgehead atoms. The molecule has 0 aliphatic carbocycles. The van der Waals surface area contributed by atoms with Crippen molar-refractivity contribution in [2.75, 3.05) is 19.0 Å². The van der Waals surface area contributed by atoms with Gasteiger partial charge in [-0.3, -0.25) is 9.59 Å². The molecule has 0 fully saturated rings. The quantitative estimate of drug-likeness (QED) is 0.840. The number of nitrogens with one attached hydrogen (secondary N) is 1. The summed E-state index contributed by atoms with van der Waals surface area (Å²) in [6.07, 6.45) is 1.59. The number of carbonyl (C=O) groups excluding carboxylic acids is 2. The molecular formula is C17H21N3O4. The Balaban J connectivity index is 1.97. The van der Waals surface area contributed by atoms with Gasteiger partial charge in [0, 0.05) is 12.1 Å². The van der Waals surface area contributed by atoms with Crippen molar-refractivity contribution in [2.24, 2.45) is 0 Å². The van der Waals surface area contributed by atoms with Crippen LogP contribution in [-0.4, -0.2) is 41.6 Å². The van der Waals surface area contributed by atoms with Gasteiger partial charge in [0.2, 0.25) is 11.8 Å². The zero-order valence-electron chi connectivity index (χ0n) is 14.0. The minimum absolute atomic E-state index is 0.0421. The maximum atomic E-state index is 12.5. The molecule has 0 spiro atoms. The molecule has 2 rings (SSSR count). The topological polar surface area (TPSA) is 84.7 Å². The smallest absolute Gasteiger partial charge is 0.245 e. The van der Waals surface area contributed by atoms with E-state index in [4.69, 9.17) is 4.74 Å². The molecule has 0 unspecified atom stereocenters. The van der Waals surface area contributed by atoms with Crippen molar-refractivity contribution in [1.82, 2.24) is 10.1 Å². The molecule has 1 heterocycles. The van der Waals surface area contributed by atoms with Gasteiger partial charge in [-0.2, -0.15) is 0 Å². The molecule has 128 valence electrons. The van der Waals surface area contributed by atoms with Gasteiger partial charge < -0.3 is 19.5 Å². The molecule has 0 aliphatic rings. The Labute approximate surface area is 140 Å². The van der Waals surface area contributed by atoms with E-state index in [0.717, 1.165) is 11.3 Å². The molecule has 1 N–H and O–H groups in total. The number of hydrogen-bond acceptors (Lipinski definition) is 5. The fraction of sp³-hybridized carbons (Fsp3) is 0.353. The largest absolute Gasteiger partial charge is 0.497 e. The standard InChI is InChI=1S/C17H21N3O4/c1-12(2)20(11-16(21)18-15-8-9-24-19-15)17(22)10-13-4-6-14(23-3)7-5-13/h4-9,12H,10-11H2,1-3H3,(H,18,19,21). The van der Waals surface area contributed by atoms with Crippen LogP contribution in [0.25, 0.3) is 0 Å². The van der Waals surface area contributed by atoms with Crippen molar-refractivity contribution >= 4 is 17.6 Å². The SMILES string of the molecule is COc1ccc(CC(=O)N(CC(=O)Nc2ccon2)C(C)C)cc1. The van der Waals surface area contributed by atoms with E-state index in [1.165, 1.54) is 17.2 Å². The highest BCUT2D eigenvalue weighted by Gasteiger charge is 2.20. The maximum Gasteiger partial charge on any atom is 0.245 e. The van der Waals surface area contributed by atoms with Crippen LogP contribution in [0.15, 0.2) is 41.1 Å². The van der Waals surface area contributed by atoms with Gasteiger partial charge in [-0.15, -0.1) is 0 Å². The number of benzene rings is 1. The Hall–Kier alpha value is -2.83. The molecule has 1 aromatic carbocycles. The summed E-state index contributed by atoms with van der Waals surface area (Å²) < 4.78 is 9.76. The summed E-state index contributed by atoms with van der Waals surface area (Å²) in [5, 5.41) is 6.20. The predicted molar refractivity (Wildman–Crippen MR) is 88.7 cm³/mol. The van der Waals surface area contributed by atoms with E-state index < -0.39 is 0 Å². The lowest BCUT2D eigenvalue weighted by molar-refractivity contribution is -0.135. The first-order valence-electron chi connectivity index (χ1n) is 7.62. The highest BCUT2D eigenvalue weighted by molar-refractivity contribution is 5.94. The minimum Gasteiger partial charge on any atom is -0.497 e. The average Bonchev–Trinajstić information content (AvgIpc) is 3.05. The summed E-state index contributed by atoms with van der Waals surface area (Å²) in [6, 6.07) is 8.73. The van der Waals surface area contributed by atoms with Crippen molar-refractivity contribution in [3.8, 4) is 5.75 Å². The van der Waals surface area contributed by atoms with Crippen molar-refractivity contribution < 1.29 is 18.8 Å². The van der Waals surface area contributed by atoms with E-state index in [2.05, 4.69) is 15.0 Å². The van der Waals surface area contributed by atoms with Crippen molar-refractivity contribution in [2.45, 2.75) is 26.3 Å². The second-order valence-corrected chi connectivity index (χ2v) is 5.57. The van der Waals surface area contributed by atoms with Gasteiger partial charge in [-0.1, -0.05) is 17.3 Å². The Morgan fingerprint density at radius 2 is 1.96 bits per heavy atom. The monoisotopic (exact) mass is 331 g/mol. The summed E-state index contributed by atoms with van der Waals surface area (Å²) in [7, 11) is 1.59. The predicted octanol–water partition coefficient (Wildman–Crippen LogP) is 2.10. The number of aromatic nitrogens is 1. The first-order valence-corrected chi connectivity index (χ1v) is 7.62. The lowest BCUT2D eigenvalue weighted by Gasteiger charge is -2.26. The molecule has 0 saturated heterocycles. The number of nitrogens with zero attached hydrogens (tertiary/aromatic N) is 2. The number of carbonyl (C=O) groups is 2. The molecular weight excluding hydrogens is 310 g/mol. The van der Waals surface area contributed by atoms with Crippen LogP contribution in [-0.2, 0) is 16.0 Å². The number of rotatable bonds is 7. The Morgan fingerprint density at radius 1 is 1.25 bits per heavy atom.